The molecule has 5 nitrogen and oxygen atoms in total. The van der Waals surface area contributed by atoms with Crippen LogP contribution in [0, 0.1) is 5.92 Å². The molecule has 0 saturated heterocycles. The van der Waals surface area contributed by atoms with Crippen LogP contribution in [0.15, 0.2) is 21.4 Å². The van der Waals surface area contributed by atoms with E-state index in [1.54, 1.807) is 13.8 Å². The number of furan rings is 1. The third-order valence-electron chi connectivity index (χ3n) is 2.05. The van der Waals surface area contributed by atoms with E-state index in [2.05, 4.69) is 21.2 Å². The Morgan fingerprint density at radius 2 is 2.12 bits per heavy atom. The lowest BCUT2D eigenvalue weighted by atomic mass is 10.0. The standard InChI is InChI=1S/C10H12BrNO4/c1-5(2)8(10(14)15)12-9(13)6-3-7(11)16-4-6/h3-5,8H,1-2H3,(H,12,13)(H,14,15). The fraction of sp³-hybridized carbons (Fsp3) is 0.400. The van der Waals surface area contributed by atoms with E-state index in [9.17, 15) is 9.59 Å². The molecule has 1 aromatic rings. The van der Waals surface area contributed by atoms with E-state index in [1.807, 2.05) is 0 Å². The van der Waals surface area contributed by atoms with Gasteiger partial charge in [0.1, 0.15) is 12.3 Å². The Morgan fingerprint density at radius 3 is 2.50 bits per heavy atom. The van der Waals surface area contributed by atoms with E-state index in [4.69, 9.17) is 9.52 Å². The van der Waals surface area contributed by atoms with Crippen LogP contribution in [0.2, 0.25) is 0 Å². The lowest BCUT2D eigenvalue weighted by Crippen LogP contribution is -2.44. The normalized spacial score (nSPS) is 12.5. The quantitative estimate of drug-likeness (QED) is 0.887. The van der Waals surface area contributed by atoms with Crippen molar-refractivity contribution < 1.29 is 19.1 Å². The van der Waals surface area contributed by atoms with Crippen molar-refractivity contribution in [3.05, 3.63) is 22.6 Å². The second-order valence-corrected chi connectivity index (χ2v) is 4.45. The molecule has 1 aromatic heterocycles. The zero-order chi connectivity index (χ0) is 12.3. The first-order valence-electron chi connectivity index (χ1n) is 4.69. The van der Waals surface area contributed by atoms with Crippen molar-refractivity contribution in [2.24, 2.45) is 5.92 Å². The number of hydrogen-bond donors (Lipinski definition) is 2. The van der Waals surface area contributed by atoms with Gasteiger partial charge in [-0.25, -0.2) is 4.79 Å². The minimum absolute atomic E-state index is 0.184. The average molecular weight is 290 g/mol. The van der Waals surface area contributed by atoms with Gasteiger partial charge >= 0.3 is 5.97 Å². The molecule has 1 rings (SSSR count). The molecule has 0 aliphatic heterocycles. The van der Waals surface area contributed by atoms with Crippen LogP contribution in [0.5, 0.6) is 0 Å². The van der Waals surface area contributed by atoms with E-state index in [0.29, 0.717) is 10.2 Å². The molecule has 0 spiro atoms. The Bertz CT molecular complexity index is 399. The number of carboxylic acids is 1. The first-order chi connectivity index (χ1) is 7.41. The summed E-state index contributed by atoms with van der Waals surface area (Å²) in [7, 11) is 0. The summed E-state index contributed by atoms with van der Waals surface area (Å²) in [6.07, 6.45) is 1.26. The van der Waals surface area contributed by atoms with Crippen molar-refractivity contribution in [3.8, 4) is 0 Å². The lowest BCUT2D eigenvalue weighted by molar-refractivity contribution is -0.140. The van der Waals surface area contributed by atoms with E-state index in [-0.39, 0.29) is 5.92 Å². The molecule has 0 fully saturated rings. The molecule has 0 aromatic carbocycles. The highest BCUT2D eigenvalue weighted by Crippen LogP contribution is 2.14. The van der Waals surface area contributed by atoms with Crippen molar-refractivity contribution in [2.45, 2.75) is 19.9 Å². The number of aliphatic carboxylic acids is 1. The van der Waals surface area contributed by atoms with Gasteiger partial charge in [0, 0.05) is 6.07 Å². The molecular weight excluding hydrogens is 278 g/mol. The van der Waals surface area contributed by atoms with Gasteiger partial charge in [0.15, 0.2) is 4.67 Å². The van der Waals surface area contributed by atoms with Gasteiger partial charge in [0.25, 0.3) is 5.91 Å². The van der Waals surface area contributed by atoms with Crippen LogP contribution in [0.1, 0.15) is 24.2 Å². The van der Waals surface area contributed by atoms with Crippen molar-refractivity contribution in [2.75, 3.05) is 0 Å². The van der Waals surface area contributed by atoms with Crippen LogP contribution in [0.4, 0.5) is 0 Å². The number of rotatable bonds is 4. The zero-order valence-corrected chi connectivity index (χ0v) is 10.4. The predicted molar refractivity (Wildman–Crippen MR) is 60.1 cm³/mol. The Balaban J connectivity index is 2.73. The van der Waals surface area contributed by atoms with Gasteiger partial charge in [0.2, 0.25) is 0 Å². The number of carbonyl (C=O) groups excluding carboxylic acids is 1. The van der Waals surface area contributed by atoms with E-state index >= 15 is 0 Å². The average Bonchev–Trinajstić information content (AvgIpc) is 2.59. The molecule has 0 aliphatic carbocycles. The molecule has 0 saturated carbocycles. The number of hydrogen-bond acceptors (Lipinski definition) is 3. The number of halogens is 1. The van der Waals surface area contributed by atoms with Crippen LogP contribution in [0.3, 0.4) is 0 Å². The molecule has 88 valence electrons. The zero-order valence-electron chi connectivity index (χ0n) is 8.86. The Kier molecular flexibility index (Phi) is 4.12. The number of carboxylic acid groups (broad SMARTS) is 1. The van der Waals surface area contributed by atoms with Crippen molar-refractivity contribution in [1.82, 2.24) is 5.32 Å². The molecule has 1 amide bonds. The van der Waals surface area contributed by atoms with Crippen LogP contribution in [-0.2, 0) is 4.79 Å². The molecule has 16 heavy (non-hydrogen) atoms. The minimum atomic E-state index is -1.05. The summed E-state index contributed by atoms with van der Waals surface area (Å²) in [5.74, 6) is -1.70. The lowest BCUT2D eigenvalue weighted by Gasteiger charge is -2.17. The highest BCUT2D eigenvalue weighted by molar-refractivity contribution is 9.10. The van der Waals surface area contributed by atoms with Crippen molar-refractivity contribution in [3.63, 3.8) is 0 Å². The number of amides is 1. The van der Waals surface area contributed by atoms with E-state index < -0.39 is 17.9 Å². The summed E-state index contributed by atoms with van der Waals surface area (Å²) in [5.41, 5.74) is 0.291. The maximum absolute atomic E-state index is 11.6. The maximum Gasteiger partial charge on any atom is 0.326 e. The first kappa shape index (κ1) is 12.8. The minimum Gasteiger partial charge on any atom is -0.480 e. The summed E-state index contributed by atoms with van der Waals surface area (Å²) in [5, 5.41) is 11.3. The molecule has 1 atom stereocenters. The second-order valence-electron chi connectivity index (χ2n) is 3.67. The summed E-state index contributed by atoms with van der Waals surface area (Å²) < 4.78 is 5.32. The highest BCUT2D eigenvalue weighted by Gasteiger charge is 2.24. The van der Waals surface area contributed by atoms with E-state index in [0.717, 1.165) is 0 Å². The van der Waals surface area contributed by atoms with Crippen LogP contribution in [-0.4, -0.2) is 23.0 Å². The van der Waals surface area contributed by atoms with Gasteiger partial charge in [-0.2, -0.15) is 0 Å². The summed E-state index contributed by atoms with van der Waals surface area (Å²) >= 11 is 3.06. The van der Waals surface area contributed by atoms with Crippen molar-refractivity contribution in [1.29, 1.82) is 0 Å². The van der Waals surface area contributed by atoms with Gasteiger partial charge in [-0.1, -0.05) is 13.8 Å². The Morgan fingerprint density at radius 1 is 1.50 bits per heavy atom. The fourth-order valence-electron chi connectivity index (χ4n) is 1.17. The molecule has 1 unspecified atom stereocenters. The number of nitrogens with one attached hydrogen (secondary N) is 1. The molecule has 0 aliphatic rings. The van der Waals surface area contributed by atoms with Crippen LogP contribution < -0.4 is 5.32 Å². The second kappa shape index (κ2) is 5.16. The Hall–Kier alpha value is -1.30. The third-order valence-corrected chi connectivity index (χ3v) is 2.46. The Labute approximate surface area is 101 Å². The van der Waals surface area contributed by atoms with Crippen LogP contribution in [0.25, 0.3) is 0 Å². The van der Waals surface area contributed by atoms with Gasteiger partial charge in [-0.15, -0.1) is 0 Å². The maximum atomic E-state index is 11.6. The predicted octanol–water partition coefficient (Wildman–Crippen LogP) is 1.88. The van der Waals surface area contributed by atoms with Crippen LogP contribution >= 0.6 is 15.9 Å². The summed E-state index contributed by atoms with van der Waals surface area (Å²) in [6, 6.07) is 0.579. The SMILES string of the molecule is CC(C)C(NC(=O)c1coc(Br)c1)C(=O)O. The number of carbonyl (C=O) groups is 2. The van der Waals surface area contributed by atoms with Gasteiger partial charge in [0.05, 0.1) is 5.56 Å². The van der Waals surface area contributed by atoms with Gasteiger partial charge < -0.3 is 14.8 Å². The fourth-order valence-corrected chi connectivity index (χ4v) is 1.51. The monoisotopic (exact) mass is 289 g/mol. The summed E-state index contributed by atoms with van der Waals surface area (Å²) in [6.45, 7) is 3.45. The molecule has 1 heterocycles. The van der Waals surface area contributed by atoms with Gasteiger partial charge in [-0.3, -0.25) is 4.79 Å². The molecule has 6 heteroatoms. The molecular formula is C10H12BrNO4. The van der Waals surface area contributed by atoms with E-state index in [1.165, 1.54) is 12.3 Å². The molecule has 0 bridgehead atoms. The topological polar surface area (TPSA) is 79.5 Å². The smallest absolute Gasteiger partial charge is 0.326 e. The highest BCUT2D eigenvalue weighted by atomic mass is 79.9. The van der Waals surface area contributed by atoms with Gasteiger partial charge in [-0.05, 0) is 21.8 Å². The van der Waals surface area contributed by atoms with Crippen molar-refractivity contribution >= 4 is 27.8 Å². The molecule has 0 radical (unpaired) electrons. The third kappa shape index (κ3) is 3.10. The largest absolute Gasteiger partial charge is 0.480 e. The first-order valence-corrected chi connectivity index (χ1v) is 5.49. The molecule has 2 N–H and O–H groups in total. The summed E-state index contributed by atoms with van der Waals surface area (Å²) in [4.78, 5) is 22.5.